The molecular weight excluding hydrogens is 254 g/mol. The fourth-order valence-electron chi connectivity index (χ4n) is 1.77. The number of carbonyl (C=O) groups is 1. The maximum absolute atomic E-state index is 11.8. The third kappa shape index (κ3) is 3.23. The molecule has 1 aromatic carbocycles. The second kappa shape index (κ2) is 5.07. The molecule has 106 valence electrons. The zero-order valence-corrected chi connectivity index (χ0v) is 12.4. The summed E-state index contributed by atoms with van der Waals surface area (Å²) in [7, 11) is 0. The molecule has 1 heterocycles. The maximum atomic E-state index is 11.8. The topological polar surface area (TPSA) is 68.0 Å². The van der Waals surface area contributed by atoms with Crippen molar-refractivity contribution in [2.24, 2.45) is 5.41 Å². The van der Waals surface area contributed by atoms with Crippen molar-refractivity contribution in [2.75, 3.05) is 5.32 Å². The molecule has 0 spiro atoms. The van der Waals surface area contributed by atoms with E-state index in [1.54, 1.807) is 0 Å². The smallest absolute Gasteiger partial charge is 0.322 e. The Kier molecular flexibility index (Phi) is 3.61. The molecule has 0 atom stereocenters. The largest absolute Gasteiger partial charge is 0.403 e. The van der Waals surface area contributed by atoms with Crippen molar-refractivity contribution >= 4 is 11.9 Å². The van der Waals surface area contributed by atoms with E-state index in [9.17, 15) is 4.79 Å². The van der Waals surface area contributed by atoms with Crippen molar-refractivity contribution in [1.29, 1.82) is 0 Å². The van der Waals surface area contributed by atoms with E-state index in [0.717, 1.165) is 16.7 Å². The van der Waals surface area contributed by atoms with Crippen LogP contribution in [0.3, 0.4) is 0 Å². The van der Waals surface area contributed by atoms with E-state index in [1.165, 1.54) is 0 Å². The number of aromatic nitrogens is 2. The van der Waals surface area contributed by atoms with Gasteiger partial charge in [0.1, 0.15) is 0 Å². The number of benzene rings is 1. The highest BCUT2D eigenvalue weighted by Crippen LogP contribution is 2.23. The SMILES string of the molecule is Cc1cc(C)cc(-c2nnc(NC(=O)C(C)(C)C)o2)c1. The highest BCUT2D eigenvalue weighted by molar-refractivity contribution is 5.92. The molecular formula is C15H19N3O2. The molecule has 0 bridgehead atoms. The molecule has 2 rings (SSSR count). The van der Waals surface area contributed by atoms with Crippen molar-refractivity contribution in [3.63, 3.8) is 0 Å². The number of aryl methyl sites for hydroxylation is 2. The van der Waals surface area contributed by atoms with Gasteiger partial charge in [-0.15, -0.1) is 5.10 Å². The average Bonchev–Trinajstić information content (AvgIpc) is 2.75. The predicted molar refractivity (Wildman–Crippen MR) is 77.3 cm³/mol. The van der Waals surface area contributed by atoms with Gasteiger partial charge in [-0.05, 0) is 26.0 Å². The number of rotatable bonds is 2. The zero-order valence-electron chi connectivity index (χ0n) is 12.4. The predicted octanol–water partition coefficient (Wildman–Crippen LogP) is 3.34. The van der Waals surface area contributed by atoms with Gasteiger partial charge in [0.15, 0.2) is 0 Å². The van der Waals surface area contributed by atoms with Crippen LogP contribution >= 0.6 is 0 Å². The minimum atomic E-state index is -0.505. The van der Waals surface area contributed by atoms with Gasteiger partial charge in [0.05, 0.1) is 0 Å². The number of amides is 1. The van der Waals surface area contributed by atoms with E-state index >= 15 is 0 Å². The summed E-state index contributed by atoms with van der Waals surface area (Å²) in [5.41, 5.74) is 2.59. The number of carbonyl (C=O) groups excluding carboxylic acids is 1. The van der Waals surface area contributed by atoms with Gasteiger partial charge in [0, 0.05) is 11.0 Å². The third-order valence-electron chi connectivity index (χ3n) is 2.80. The summed E-state index contributed by atoms with van der Waals surface area (Å²) >= 11 is 0. The summed E-state index contributed by atoms with van der Waals surface area (Å²) in [5, 5.41) is 10.5. The molecule has 2 aromatic rings. The summed E-state index contributed by atoms with van der Waals surface area (Å²) in [6, 6.07) is 6.13. The van der Waals surface area contributed by atoms with Gasteiger partial charge in [-0.3, -0.25) is 10.1 Å². The van der Waals surface area contributed by atoms with Crippen LogP contribution in [0.15, 0.2) is 22.6 Å². The van der Waals surface area contributed by atoms with Crippen LogP contribution in [0.1, 0.15) is 31.9 Å². The summed E-state index contributed by atoms with van der Waals surface area (Å²) in [5.74, 6) is 0.245. The number of hydrogen-bond donors (Lipinski definition) is 1. The van der Waals surface area contributed by atoms with Crippen LogP contribution in [-0.2, 0) is 4.79 Å². The molecule has 0 unspecified atom stereocenters. The number of nitrogens with one attached hydrogen (secondary N) is 1. The lowest BCUT2D eigenvalue weighted by Crippen LogP contribution is -2.27. The first-order valence-electron chi connectivity index (χ1n) is 6.49. The van der Waals surface area contributed by atoms with E-state index in [0.29, 0.717) is 5.89 Å². The van der Waals surface area contributed by atoms with Crippen molar-refractivity contribution < 1.29 is 9.21 Å². The Hall–Kier alpha value is -2.17. The lowest BCUT2D eigenvalue weighted by molar-refractivity contribution is -0.123. The Labute approximate surface area is 118 Å². The van der Waals surface area contributed by atoms with Gasteiger partial charge in [-0.1, -0.05) is 43.1 Å². The van der Waals surface area contributed by atoms with Crippen LogP contribution in [-0.4, -0.2) is 16.1 Å². The molecule has 0 aliphatic rings. The quantitative estimate of drug-likeness (QED) is 0.911. The normalized spacial score (nSPS) is 11.4. The first-order valence-corrected chi connectivity index (χ1v) is 6.49. The Morgan fingerprint density at radius 2 is 1.70 bits per heavy atom. The van der Waals surface area contributed by atoms with Gasteiger partial charge in [-0.2, -0.15) is 0 Å². The van der Waals surface area contributed by atoms with Crippen LogP contribution in [0.5, 0.6) is 0 Å². The molecule has 0 fully saturated rings. The highest BCUT2D eigenvalue weighted by atomic mass is 16.4. The molecule has 5 heteroatoms. The fraction of sp³-hybridized carbons (Fsp3) is 0.400. The first kappa shape index (κ1) is 14.2. The molecule has 1 aromatic heterocycles. The standard InChI is InChI=1S/C15H19N3O2/c1-9-6-10(2)8-11(7-9)12-17-18-14(20-12)16-13(19)15(3,4)5/h6-8H,1-5H3,(H,16,18,19). The third-order valence-corrected chi connectivity index (χ3v) is 2.80. The minimum Gasteiger partial charge on any atom is -0.403 e. The number of hydrogen-bond acceptors (Lipinski definition) is 4. The molecule has 0 aliphatic carbocycles. The van der Waals surface area contributed by atoms with Gasteiger partial charge in [0.2, 0.25) is 11.8 Å². The number of nitrogens with zero attached hydrogens (tertiary/aromatic N) is 2. The minimum absolute atomic E-state index is 0.124. The Morgan fingerprint density at radius 1 is 1.10 bits per heavy atom. The van der Waals surface area contributed by atoms with Crippen LogP contribution in [0.2, 0.25) is 0 Å². The second-order valence-electron chi connectivity index (χ2n) is 5.99. The Morgan fingerprint density at radius 3 is 2.25 bits per heavy atom. The van der Waals surface area contributed by atoms with Gasteiger partial charge < -0.3 is 4.42 Å². The molecule has 5 nitrogen and oxygen atoms in total. The molecule has 0 aliphatic heterocycles. The second-order valence-corrected chi connectivity index (χ2v) is 5.99. The van der Waals surface area contributed by atoms with E-state index < -0.39 is 5.41 Å². The van der Waals surface area contributed by atoms with Crippen molar-refractivity contribution in [3.05, 3.63) is 29.3 Å². The van der Waals surface area contributed by atoms with Crippen LogP contribution in [0.25, 0.3) is 11.5 Å². The molecule has 20 heavy (non-hydrogen) atoms. The van der Waals surface area contributed by atoms with E-state index in [1.807, 2.05) is 46.8 Å². The molecule has 0 radical (unpaired) electrons. The Bertz CT molecular complexity index is 619. The van der Waals surface area contributed by atoms with Gasteiger partial charge in [-0.25, -0.2) is 0 Å². The highest BCUT2D eigenvalue weighted by Gasteiger charge is 2.23. The van der Waals surface area contributed by atoms with E-state index in [-0.39, 0.29) is 11.9 Å². The molecule has 1 amide bonds. The summed E-state index contributed by atoms with van der Waals surface area (Å²) in [6.07, 6.45) is 0. The fourth-order valence-corrected chi connectivity index (χ4v) is 1.77. The van der Waals surface area contributed by atoms with Crippen molar-refractivity contribution in [3.8, 4) is 11.5 Å². The summed E-state index contributed by atoms with van der Waals surface area (Å²) < 4.78 is 5.49. The molecule has 0 saturated carbocycles. The van der Waals surface area contributed by atoms with E-state index in [4.69, 9.17) is 4.42 Å². The van der Waals surface area contributed by atoms with E-state index in [2.05, 4.69) is 21.6 Å². The Balaban J connectivity index is 2.23. The monoisotopic (exact) mass is 273 g/mol. The summed E-state index contributed by atoms with van der Waals surface area (Å²) in [4.78, 5) is 11.8. The lowest BCUT2D eigenvalue weighted by Gasteiger charge is -2.15. The van der Waals surface area contributed by atoms with Crippen molar-refractivity contribution in [2.45, 2.75) is 34.6 Å². The first-order chi connectivity index (χ1) is 9.25. The van der Waals surface area contributed by atoms with Crippen molar-refractivity contribution in [1.82, 2.24) is 10.2 Å². The number of anilines is 1. The summed E-state index contributed by atoms with van der Waals surface area (Å²) in [6.45, 7) is 9.49. The molecule has 0 saturated heterocycles. The van der Waals surface area contributed by atoms with Crippen LogP contribution < -0.4 is 5.32 Å². The zero-order chi connectivity index (χ0) is 14.9. The van der Waals surface area contributed by atoms with Crippen LogP contribution in [0.4, 0.5) is 6.01 Å². The molecule has 1 N–H and O–H groups in total. The lowest BCUT2D eigenvalue weighted by atomic mass is 9.96. The maximum Gasteiger partial charge on any atom is 0.322 e. The van der Waals surface area contributed by atoms with Gasteiger partial charge >= 0.3 is 6.01 Å². The average molecular weight is 273 g/mol. The van der Waals surface area contributed by atoms with Gasteiger partial charge in [0.25, 0.3) is 0 Å². The van der Waals surface area contributed by atoms with Crippen LogP contribution in [0, 0.1) is 19.3 Å².